The summed E-state index contributed by atoms with van der Waals surface area (Å²) in [5.41, 5.74) is 2.45. The minimum atomic E-state index is -0.402. The Labute approximate surface area is 150 Å². The Hall–Kier alpha value is -2.33. The summed E-state index contributed by atoms with van der Waals surface area (Å²) in [4.78, 5) is 11.9. The molecule has 0 saturated carbocycles. The molecule has 136 valence electrons. The number of methoxy groups -OCH3 is 1. The van der Waals surface area contributed by atoms with Crippen LogP contribution in [0.3, 0.4) is 0 Å². The number of epoxide rings is 1. The van der Waals surface area contributed by atoms with Gasteiger partial charge in [0, 0.05) is 0 Å². The molecule has 4 heteroatoms. The van der Waals surface area contributed by atoms with Gasteiger partial charge in [-0.25, -0.2) is 4.79 Å². The van der Waals surface area contributed by atoms with E-state index in [2.05, 4.69) is 0 Å². The number of carbonyl (C=O) groups is 1. The molecule has 25 heavy (non-hydrogen) atoms. The van der Waals surface area contributed by atoms with E-state index in [-0.39, 0.29) is 6.10 Å². The minimum Gasteiger partial charge on any atom is -0.488 e. The van der Waals surface area contributed by atoms with Gasteiger partial charge in [0.2, 0.25) is 0 Å². The molecule has 1 saturated heterocycles. The van der Waals surface area contributed by atoms with Crippen LogP contribution in [0.1, 0.15) is 55.3 Å². The highest BCUT2D eigenvalue weighted by atomic mass is 16.6. The van der Waals surface area contributed by atoms with E-state index in [4.69, 9.17) is 14.2 Å². The van der Waals surface area contributed by atoms with Crippen molar-refractivity contribution in [2.45, 2.75) is 40.4 Å². The van der Waals surface area contributed by atoms with Gasteiger partial charge in [-0.3, -0.25) is 0 Å². The number of esters is 1. The number of ether oxygens (including phenoxy) is 3. The molecular weight excluding hydrogens is 316 g/mol. The molecule has 1 unspecified atom stereocenters. The Morgan fingerprint density at radius 1 is 1.08 bits per heavy atom. The fourth-order valence-electron chi connectivity index (χ4n) is 2.12. The van der Waals surface area contributed by atoms with Crippen LogP contribution in [0.4, 0.5) is 0 Å². The Balaban J connectivity index is 0.000000730. The summed E-state index contributed by atoms with van der Waals surface area (Å²) in [5.74, 6) is 0.121. The molecule has 0 aromatic heterocycles. The third-order valence-corrected chi connectivity index (χ3v) is 3.35. The minimum absolute atomic E-state index is 0.0941. The Bertz CT molecular complexity index is 634. The lowest BCUT2D eigenvalue weighted by Crippen LogP contribution is -2.06. The Morgan fingerprint density at radius 3 is 2.28 bits per heavy atom. The number of hydrogen-bond donors (Lipinski definition) is 0. The summed E-state index contributed by atoms with van der Waals surface area (Å²) in [6.07, 6.45) is 0.0941. The van der Waals surface area contributed by atoms with Gasteiger partial charge in [0.05, 0.1) is 13.7 Å². The van der Waals surface area contributed by atoms with Crippen molar-refractivity contribution < 1.29 is 19.0 Å². The van der Waals surface area contributed by atoms with Crippen molar-refractivity contribution >= 4 is 5.97 Å². The monoisotopic (exact) mass is 344 g/mol. The molecule has 0 N–H and O–H groups in total. The summed E-state index contributed by atoms with van der Waals surface area (Å²) in [7, 11) is 1.36. The van der Waals surface area contributed by atoms with Crippen LogP contribution in [0.25, 0.3) is 0 Å². The van der Waals surface area contributed by atoms with Crippen LogP contribution in [0.2, 0.25) is 0 Å². The number of hydrogen-bond acceptors (Lipinski definition) is 4. The normalized spacial score (nSPS) is 14.2. The van der Waals surface area contributed by atoms with Crippen LogP contribution >= 0.6 is 0 Å². The lowest BCUT2D eigenvalue weighted by atomic mass is 10.1. The highest BCUT2D eigenvalue weighted by Crippen LogP contribution is 2.33. The van der Waals surface area contributed by atoms with Crippen LogP contribution in [0, 0.1) is 0 Å². The second kappa shape index (κ2) is 11.3. The second-order valence-corrected chi connectivity index (χ2v) is 4.84. The summed E-state index contributed by atoms with van der Waals surface area (Å²) in [5, 5.41) is 0. The van der Waals surface area contributed by atoms with Gasteiger partial charge >= 0.3 is 5.97 Å². The van der Waals surface area contributed by atoms with E-state index in [9.17, 15) is 4.79 Å². The van der Waals surface area contributed by atoms with Crippen LogP contribution in [-0.2, 0) is 16.1 Å². The summed E-state index contributed by atoms with van der Waals surface area (Å²) in [6.45, 7) is 9.11. The van der Waals surface area contributed by atoms with Crippen LogP contribution < -0.4 is 4.74 Å². The molecule has 1 atom stereocenters. The van der Waals surface area contributed by atoms with Gasteiger partial charge in [-0.2, -0.15) is 0 Å². The van der Waals surface area contributed by atoms with E-state index in [1.807, 2.05) is 64.1 Å². The highest BCUT2D eigenvalue weighted by molar-refractivity contribution is 5.92. The third-order valence-electron chi connectivity index (χ3n) is 3.35. The van der Waals surface area contributed by atoms with Crippen LogP contribution in [-0.4, -0.2) is 19.7 Å². The van der Waals surface area contributed by atoms with Crippen LogP contribution in [0.5, 0.6) is 5.75 Å². The lowest BCUT2D eigenvalue weighted by Gasteiger charge is -2.11. The molecular formula is C21H28O4. The molecule has 2 aromatic carbocycles. The molecule has 4 nitrogen and oxygen atoms in total. The van der Waals surface area contributed by atoms with Crippen molar-refractivity contribution in [1.82, 2.24) is 0 Å². The SMILES string of the molecule is CC.CC.COC(=O)c1cc(C2CO2)ccc1OCc1ccccc1. The highest BCUT2D eigenvalue weighted by Gasteiger charge is 2.26. The van der Waals surface area contributed by atoms with Crippen molar-refractivity contribution in [3.8, 4) is 5.75 Å². The zero-order chi connectivity index (χ0) is 18.7. The molecule has 1 fully saturated rings. The molecule has 1 aliphatic heterocycles. The zero-order valence-corrected chi connectivity index (χ0v) is 15.7. The summed E-state index contributed by atoms with van der Waals surface area (Å²) < 4.78 is 15.8. The largest absolute Gasteiger partial charge is 0.488 e. The molecule has 0 amide bonds. The van der Waals surface area contributed by atoms with Gasteiger partial charge in [0.1, 0.15) is 24.0 Å². The topological polar surface area (TPSA) is 48.1 Å². The van der Waals surface area contributed by atoms with E-state index >= 15 is 0 Å². The predicted molar refractivity (Wildman–Crippen MR) is 99.9 cm³/mol. The van der Waals surface area contributed by atoms with Gasteiger partial charge in [-0.15, -0.1) is 0 Å². The van der Waals surface area contributed by atoms with Crippen molar-refractivity contribution in [2.75, 3.05) is 13.7 Å². The molecule has 1 aliphatic rings. The molecule has 3 rings (SSSR count). The van der Waals surface area contributed by atoms with E-state index < -0.39 is 5.97 Å². The molecule has 2 aromatic rings. The fourth-order valence-corrected chi connectivity index (χ4v) is 2.12. The number of rotatable bonds is 5. The molecule has 1 heterocycles. The van der Waals surface area contributed by atoms with Gasteiger partial charge in [0.25, 0.3) is 0 Å². The fraction of sp³-hybridized carbons (Fsp3) is 0.381. The average molecular weight is 344 g/mol. The third kappa shape index (κ3) is 6.24. The number of carbonyl (C=O) groups excluding carboxylic acids is 1. The van der Waals surface area contributed by atoms with Crippen molar-refractivity contribution in [2.24, 2.45) is 0 Å². The second-order valence-electron chi connectivity index (χ2n) is 4.84. The van der Waals surface area contributed by atoms with Crippen molar-refractivity contribution in [3.63, 3.8) is 0 Å². The van der Waals surface area contributed by atoms with Gasteiger partial charge in [-0.05, 0) is 23.3 Å². The molecule has 0 radical (unpaired) electrons. The van der Waals surface area contributed by atoms with Crippen LogP contribution in [0.15, 0.2) is 48.5 Å². The first-order valence-corrected chi connectivity index (χ1v) is 8.78. The van der Waals surface area contributed by atoms with E-state index in [1.54, 1.807) is 12.1 Å². The smallest absolute Gasteiger partial charge is 0.341 e. The first-order valence-electron chi connectivity index (χ1n) is 8.78. The maximum atomic E-state index is 11.9. The van der Waals surface area contributed by atoms with Gasteiger partial charge in [-0.1, -0.05) is 64.1 Å². The Morgan fingerprint density at radius 2 is 1.72 bits per heavy atom. The first kappa shape index (κ1) is 20.7. The Kier molecular flexibility index (Phi) is 9.33. The van der Waals surface area contributed by atoms with E-state index in [0.717, 1.165) is 11.1 Å². The van der Waals surface area contributed by atoms with E-state index in [0.29, 0.717) is 24.5 Å². The molecule has 0 aliphatic carbocycles. The lowest BCUT2D eigenvalue weighted by molar-refractivity contribution is 0.0595. The molecule has 0 spiro atoms. The van der Waals surface area contributed by atoms with Gasteiger partial charge in [0.15, 0.2) is 0 Å². The van der Waals surface area contributed by atoms with Crippen molar-refractivity contribution in [1.29, 1.82) is 0 Å². The predicted octanol–water partition coefficient (Wildman–Crippen LogP) is 5.18. The maximum absolute atomic E-state index is 11.9. The quantitative estimate of drug-likeness (QED) is 0.554. The summed E-state index contributed by atoms with van der Waals surface area (Å²) >= 11 is 0. The standard InChI is InChI=1S/C17H16O4.2C2H6/c1-19-17(18)14-9-13(16-11-21-16)7-8-15(14)20-10-12-5-3-2-4-6-12;2*1-2/h2-9,16H,10-11H2,1H3;2*1-2H3. The van der Waals surface area contributed by atoms with E-state index in [1.165, 1.54) is 7.11 Å². The zero-order valence-electron chi connectivity index (χ0n) is 15.7. The number of benzene rings is 2. The molecule has 0 bridgehead atoms. The average Bonchev–Trinajstić information content (AvgIpc) is 3.55. The maximum Gasteiger partial charge on any atom is 0.341 e. The first-order chi connectivity index (χ1) is 12.3. The van der Waals surface area contributed by atoms with Crippen molar-refractivity contribution in [3.05, 3.63) is 65.2 Å². The summed E-state index contributed by atoms with van der Waals surface area (Å²) in [6, 6.07) is 15.3. The van der Waals surface area contributed by atoms with Gasteiger partial charge < -0.3 is 14.2 Å².